The van der Waals surface area contributed by atoms with Crippen molar-refractivity contribution in [2.24, 2.45) is 5.16 Å². The highest BCUT2D eigenvalue weighted by molar-refractivity contribution is 5.95. The van der Waals surface area contributed by atoms with Crippen molar-refractivity contribution < 1.29 is 19.5 Å². The van der Waals surface area contributed by atoms with Gasteiger partial charge in [-0.15, -0.1) is 0 Å². The summed E-state index contributed by atoms with van der Waals surface area (Å²) in [7, 11) is 1.30. The number of ether oxygens (including phenoxy) is 2. The van der Waals surface area contributed by atoms with Crippen LogP contribution in [0.2, 0.25) is 0 Å². The van der Waals surface area contributed by atoms with E-state index in [1.165, 1.54) is 13.3 Å². The number of benzene rings is 2. The van der Waals surface area contributed by atoms with Crippen molar-refractivity contribution in [3.8, 4) is 5.75 Å². The lowest BCUT2D eigenvalue weighted by Gasteiger charge is -2.11. The first-order valence-corrected chi connectivity index (χ1v) is 6.31. The fourth-order valence-corrected chi connectivity index (χ4v) is 1.83. The monoisotopic (exact) mass is 285 g/mol. The lowest BCUT2D eigenvalue weighted by Crippen LogP contribution is -2.06. The molecular formula is C16H15NO4. The summed E-state index contributed by atoms with van der Waals surface area (Å²) in [6.45, 7) is 0.346. The zero-order valence-electron chi connectivity index (χ0n) is 11.5. The fraction of sp³-hybridized carbons (Fsp3) is 0.125. The van der Waals surface area contributed by atoms with E-state index < -0.39 is 5.97 Å². The van der Waals surface area contributed by atoms with Gasteiger partial charge in [0.25, 0.3) is 0 Å². The van der Waals surface area contributed by atoms with E-state index in [2.05, 4.69) is 5.16 Å². The molecule has 1 N–H and O–H groups in total. The topological polar surface area (TPSA) is 68.1 Å². The second kappa shape index (κ2) is 7.09. The highest BCUT2D eigenvalue weighted by atomic mass is 16.5. The third kappa shape index (κ3) is 3.82. The maximum atomic E-state index is 11.8. The van der Waals surface area contributed by atoms with Crippen LogP contribution in [0, 0.1) is 0 Å². The molecule has 0 fully saturated rings. The third-order valence-corrected chi connectivity index (χ3v) is 2.85. The van der Waals surface area contributed by atoms with E-state index in [9.17, 15) is 4.79 Å². The van der Waals surface area contributed by atoms with Gasteiger partial charge < -0.3 is 14.7 Å². The Balaban J connectivity index is 2.23. The van der Waals surface area contributed by atoms with Gasteiger partial charge in [0.1, 0.15) is 17.9 Å². The second-order valence-corrected chi connectivity index (χ2v) is 4.27. The third-order valence-electron chi connectivity index (χ3n) is 2.85. The van der Waals surface area contributed by atoms with Crippen LogP contribution in [0.3, 0.4) is 0 Å². The van der Waals surface area contributed by atoms with Gasteiger partial charge in [-0.3, -0.25) is 0 Å². The summed E-state index contributed by atoms with van der Waals surface area (Å²) in [5, 5.41) is 11.5. The Bertz CT molecular complexity index is 638. The van der Waals surface area contributed by atoms with Gasteiger partial charge in [0.05, 0.1) is 13.3 Å². The number of hydrogen-bond acceptors (Lipinski definition) is 5. The Morgan fingerprint density at radius 3 is 2.67 bits per heavy atom. The van der Waals surface area contributed by atoms with Crippen molar-refractivity contribution in [2.45, 2.75) is 6.61 Å². The van der Waals surface area contributed by atoms with Crippen LogP contribution in [0.1, 0.15) is 21.5 Å². The number of methoxy groups -OCH3 is 1. The van der Waals surface area contributed by atoms with Crippen molar-refractivity contribution >= 4 is 12.2 Å². The average Bonchev–Trinajstić information content (AvgIpc) is 2.54. The smallest absolute Gasteiger partial charge is 0.341 e. The molecule has 0 saturated carbocycles. The van der Waals surface area contributed by atoms with E-state index in [0.29, 0.717) is 17.9 Å². The first-order chi connectivity index (χ1) is 10.2. The summed E-state index contributed by atoms with van der Waals surface area (Å²) in [4.78, 5) is 11.8. The van der Waals surface area contributed by atoms with E-state index in [-0.39, 0.29) is 5.56 Å². The van der Waals surface area contributed by atoms with Gasteiger partial charge in [-0.25, -0.2) is 4.79 Å². The Morgan fingerprint density at radius 1 is 1.24 bits per heavy atom. The zero-order valence-corrected chi connectivity index (χ0v) is 11.5. The van der Waals surface area contributed by atoms with Gasteiger partial charge in [0, 0.05) is 0 Å². The molecule has 0 unspecified atom stereocenters. The van der Waals surface area contributed by atoms with Crippen LogP contribution in [-0.2, 0) is 11.3 Å². The van der Waals surface area contributed by atoms with Crippen LogP contribution in [0.4, 0.5) is 0 Å². The molecule has 2 aromatic rings. The molecule has 0 amide bonds. The largest absolute Gasteiger partial charge is 0.488 e. The molecular weight excluding hydrogens is 270 g/mol. The molecule has 0 aliphatic rings. The summed E-state index contributed by atoms with van der Waals surface area (Å²) in [6, 6.07) is 14.5. The van der Waals surface area contributed by atoms with Crippen molar-refractivity contribution in [3.05, 3.63) is 65.2 Å². The van der Waals surface area contributed by atoms with Gasteiger partial charge in [0.15, 0.2) is 0 Å². The van der Waals surface area contributed by atoms with E-state index in [1.807, 2.05) is 30.3 Å². The van der Waals surface area contributed by atoms with Crippen LogP contribution in [0.25, 0.3) is 0 Å². The SMILES string of the molecule is COC(=O)c1cc(C=NO)ccc1OCc1ccccc1. The van der Waals surface area contributed by atoms with Gasteiger partial charge in [0.2, 0.25) is 0 Å². The van der Waals surface area contributed by atoms with E-state index >= 15 is 0 Å². The highest BCUT2D eigenvalue weighted by Crippen LogP contribution is 2.22. The summed E-state index contributed by atoms with van der Waals surface area (Å²) < 4.78 is 10.4. The lowest BCUT2D eigenvalue weighted by molar-refractivity contribution is 0.0595. The van der Waals surface area contributed by atoms with Crippen molar-refractivity contribution in [3.63, 3.8) is 0 Å². The predicted octanol–water partition coefficient (Wildman–Crippen LogP) is 2.86. The first-order valence-electron chi connectivity index (χ1n) is 6.31. The van der Waals surface area contributed by atoms with E-state index in [4.69, 9.17) is 14.7 Å². The Kier molecular flexibility index (Phi) is 4.93. The minimum absolute atomic E-state index is 0.283. The molecule has 0 radical (unpaired) electrons. The maximum absolute atomic E-state index is 11.8. The van der Waals surface area contributed by atoms with Crippen LogP contribution in [-0.4, -0.2) is 24.5 Å². The highest BCUT2D eigenvalue weighted by Gasteiger charge is 2.14. The Hall–Kier alpha value is -2.82. The zero-order chi connectivity index (χ0) is 15.1. The van der Waals surface area contributed by atoms with Gasteiger partial charge in [-0.1, -0.05) is 35.5 Å². The fourth-order valence-electron chi connectivity index (χ4n) is 1.83. The minimum Gasteiger partial charge on any atom is -0.488 e. The Labute approximate surface area is 122 Å². The molecule has 0 atom stereocenters. The molecule has 21 heavy (non-hydrogen) atoms. The molecule has 2 rings (SSSR count). The van der Waals surface area contributed by atoms with E-state index in [0.717, 1.165) is 5.56 Å². The predicted molar refractivity (Wildman–Crippen MR) is 77.9 cm³/mol. The lowest BCUT2D eigenvalue weighted by atomic mass is 10.1. The van der Waals surface area contributed by atoms with Gasteiger partial charge in [-0.2, -0.15) is 0 Å². The molecule has 0 spiro atoms. The summed E-state index contributed by atoms with van der Waals surface area (Å²) in [6.07, 6.45) is 1.23. The molecule has 5 nitrogen and oxygen atoms in total. The molecule has 5 heteroatoms. The standard InChI is InChI=1S/C16H15NO4/c1-20-16(18)14-9-13(10-17-19)7-8-15(14)21-11-12-5-3-2-4-6-12/h2-10,19H,11H2,1H3. The van der Waals surface area contributed by atoms with Crippen molar-refractivity contribution in [2.75, 3.05) is 7.11 Å². The first kappa shape index (κ1) is 14.6. The maximum Gasteiger partial charge on any atom is 0.341 e. The van der Waals surface area contributed by atoms with Crippen LogP contribution in [0.15, 0.2) is 53.7 Å². The summed E-state index contributed by atoms with van der Waals surface area (Å²) in [5.74, 6) is -0.0907. The van der Waals surface area contributed by atoms with Crippen LogP contribution < -0.4 is 4.74 Å². The second-order valence-electron chi connectivity index (χ2n) is 4.27. The van der Waals surface area contributed by atoms with Gasteiger partial charge >= 0.3 is 5.97 Å². The summed E-state index contributed by atoms with van der Waals surface area (Å²) in [5.41, 5.74) is 1.85. The molecule has 0 saturated heterocycles. The number of esters is 1. The molecule has 108 valence electrons. The number of carbonyl (C=O) groups is 1. The number of carbonyl (C=O) groups excluding carboxylic acids is 1. The normalized spacial score (nSPS) is 10.5. The quantitative estimate of drug-likeness (QED) is 0.397. The number of oxime groups is 1. The number of rotatable bonds is 5. The van der Waals surface area contributed by atoms with Gasteiger partial charge in [-0.05, 0) is 29.3 Å². The van der Waals surface area contributed by atoms with E-state index in [1.54, 1.807) is 18.2 Å². The number of hydrogen-bond donors (Lipinski definition) is 1. The molecule has 0 aliphatic heterocycles. The van der Waals surface area contributed by atoms with Crippen molar-refractivity contribution in [1.29, 1.82) is 0 Å². The van der Waals surface area contributed by atoms with Crippen LogP contribution in [0.5, 0.6) is 5.75 Å². The average molecular weight is 285 g/mol. The Morgan fingerprint density at radius 2 is 2.00 bits per heavy atom. The molecule has 0 bridgehead atoms. The minimum atomic E-state index is -0.508. The van der Waals surface area contributed by atoms with Crippen molar-refractivity contribution in [1.82, 2.24) is 0 Å². The molecule has 0 heterocycles. The van der Waals surface area contributed by atoms with Crippen LogP contribution >= 0.6 is 0 Å². The molecule has 0 aromatic heterocycles. The number of nitrogens with zero attached hydrogens (tertiary/aromatic N) is 1. The molecule has 0 aliphatic carbocycles. The molecule has 2 aromatic carbocycles. The summed E-state index contributed by atoms with van der Waals surface area (Å²) >= 11 is 0.